The monoisotopic (exact) mass is 945 g/mol. The first-order valence-electron chi connectivity index (χ1n) is 26.4. The van der Waals surface area contributed by atoms with Crippen LogP contribution < -0.4 is 0 Å². The summed E-state index contributed by atoms with van der Waals surface area (Å²) < 4.78 is 16.7. The second-order valence-corrected chi connectivity index (χ2v) is 16.5. The van der Waals surface area contributed by atoms with Crippen LogP contribution in [0.2, 0.25) is 0 Å². The van der Waals surface area contributed by atoms with Gasteiger partial charge in [-0.25, -0.2) is 0 Å². The Morgan fingerprint density at radius 2 is 0.623 bits per heavy atom. The van der Waals surface area contributed by atoms with Gasteiger partial charge in [-0.1, -0.05) is 235 Å². The maximum atomic E-state index is 12.8. The molecule has 0 N–H and O–H groups in total. The molecule has 0 rings (SSSR count). The number of unbranched alkanes of at least 4 members (excludes halogenated alkanes) is 9. The zero-order chi connectivity index (χ0) is 50.0. The smallest absolute Gasteiger partial charge is 0.306 e. The minimum atomic E-state index is -0.854. The van der Waals surface area contributed by atoms with Gasteiger partial charge >= 0.3 is 17.9 Å². The molecule has 0 radical (unpaired) electrons. The molecule has 0 aliphatic carbocycles. The topological polar surface area (TPSA) is 78.9 Å². The molecule has 0 fully saturated rings. The maximum absolute atomic E-state index is 12.8. The minimum absolute atomic E-state index is 0.140. The number of rotatable bonds is 44. The lowest BCUT2D eigenvalue weighted by Crippen LogP contribution is -2.30. The third kappa shape index (κ3) is 53.3. The highest BCUT2D eigenvalue weighted by atomic mass is 16.6. The van der Waals surface area contributed by atoms with E-state index < -0.39 is 12.1 Å². The van der Waals surface area contributed by atoms with Crippen LogP contribution in [0.5, 0.6) is 0 Å². The van der Waals surface area contributed by atoms with E-state index in [9.17, 15) is 14.4 Å². The SMILES string of the molecule is CC\C=C/C=C\C=C/C=C\C=C\C=C/C=C\CCCCCC(=O)OCC(COC(=O)CCCCCCCC/C=C\C/C=C\C/C=C\CC)OC(=O)CC/C=C\C/C=C\C/C=C\C/C=C\C/C=C\CC. The molecule has 0 bridgehead atoms. The predicted molar refractivity (Wildman–Crippen MR) is 297 cm³/mol. The van der Waals surface area contributed by atoms with Crippen LogP contribution >= 0.6 is 0 Å². The largest absolute Gasteiger partial charge is 0.462 e. The molecule has 0 saturated carbocycles. The second-order valence-electron chi connectivity index (χ2n) is 16.5. The van der Waals surface area contributed by atoms with Crippen molar-refractivity contribution in [3.05, 3.63) is 182 Å². The fourth-order valence-corrected chi connectivity index (χ4v) is 6.25. The summed E-state index contributed by atoms with van der Waals surface area (Å²) in [4.78, 5) is 38.0. The molecule has 0 aromatic heterocycles. The lowest BCUT2D eigenvalue weighted by molar-refractivity contribution is -0.166. The Morgan fingerprint density at radius 3 is 1.06 bits per heavy atom. The standard InChI is InChI=1S/C63H92O6/c1-4-7-10-13-16-19-22-25-28-31-32-33-36-38-41-44-47-50-53-56-62(65)68-59-60(69-63(66)57-54-51-48-45-42-39-35-30-27-24-21-18-15-12-9-6-3)58-67-61(64)55-52-49-46-43-40-37-34-29-26-23-20-17-14-11-8-5-2/h7-13,16-22,25-33,36,38-39,41-42,48,51,60H,4-6,14-15,23-24,34-35,37,40,43-47,49-50,52-59H2,1-3H3/b10-7-,11-8-,12-9-,16-13-,20-17-,21-18-,22-19-,28-25-,29-26-,30-27-,32-31+,36-33-,41-38-,42-39-,51-48-. The normalized spacial score (nSPS) is 13.6. The van der Waals surface area contributed by atoms with Gasteiger partial charge in [0.2, 0.25) is 0 Å². The van der Waals surface area contributed by atoms with E-state index in [1.807, 2.05) is 85.1 Å². The van der Waals surface area contributed by atoms with Crippen LogP contribution in [0.15, 0.2) is 182 Å². The van der Waals surface area contributed by atoms with Crippen LogP contribution in [0.25, 0.3) is 0 Å². The van der Waals surface area contributed by atoms with Crippen molar-refractivity contribution >= 4 is 17.9 Å². The van der Waals surface area contributed by atoms with Gasteiger partial charge in [0, 0.05) is 19.3 Å². The Hall–Kier alpha value is -5.49. The number of carbonyl (C=O) groups is 3. The van der Waals surface area contributed by atoms with Crippen LogP contribution in [-0.4, -0.2) is 37.2 Å². The maximum Gasteiger partial charge on any atom is 0.306 e. The summed E-state index contributed by atoms with van der Waals surface area (Å²) in [5.41, 5.74) is 0. The Kier molecular flexibility index (Phi) is 50.7. The van der Waals surface area contributed by atoms with Crippen molar-refractivity contribution in [1.29, 1.82) is 0 Å². The first kappa shape index (κ1) is 63.5. The van der Waals surface area contributed by atoms with E-state index in [0.29, 0.717) is 19.3 Å². The van der Waals surface area contributed by atoms with Crippen molar-refractivity contribution in [2.75, 3.05) is 13.2 Å². The quantitative estimate of drug-likeness (QED) is 0.0199. The second kappa shape index (κ2) is 55.1. The molecule has 0 saturated heterocycles. The molecule has 0 aromatic rings. The summed E-state index contributed by atoms with van der Waals surface area (Å²) >= 11 is 0. The van der Waals surface area contributed by atoms with E-state index in [2.05, 4.69) is 118 Å². The van der Waals surface area contributed by atoms with Crippen molar-refractivity contribution in [3.8, 4) is 0 Å². The number of carbonyl (C=O) groups excluding carboxylic acids is 3. The number of hydrogen-bond donors (Lipinski definition) is 0. The van der Waals surface area contributed by atoms with Gasteiger partial charge in [-0.2, -0.15) is 0 Å². The Morgan fingerprint density at radius 1 is 0.304 bits per heavy atom. The van der Waals surface area contributed by atoms with Gasteiger partial charge in [-0.15, -0.1) is 0 Å². The summed E-state index contributed by atoms with van der Waals surface area (Å²) in [5.74, 6) is -1.10. The van der Waals surface area contributed by atoms with Crippen molar-refractivity contribution in [3.63, 3.8) is 0 Å². The van der Waals surface area contributed by atoms with Gasteiger partial charge in [0.25, 0.3) is 0 Å². The molecule has 0 aliphatic rings. The van der Waals surface area contributed by atoms with Gasteiger partial charge in [0.1, 0.15) is 13.2 Å². The first-order valence-corrected chi connectivity index (χ1v) is 26.4. The Bertz CT molecular complexity index is 1700. The van der Waals surface area contributed by atoms with Crippen molar-refractivity contribution in [2.45, 2.75) is 181 Å². The lowest BCUT2D eigenvalue weighted by Gasteiger charge is -2.18. The molecular formula is C63H92O6. The van der Waals surface area contributed by atoms with Crippen LogP contribution in [-0.2, 0) is 28.6 Å². The molecule has 69 heavy (non-hydrogen) atoms. The molecule has 6 nitrogen and oxygen atoms in total. The van der Waals surface area contributed by atoms with Gasteiger partial charge < -0.3 is 14.2 Å². The van der Waals surface area contributed by atoms with E-state index in [-0.39, 0.29) is 38.0 Å². The Balaban J connectivity index is 4.67. The van der Waals surface area contributed by atoms with Crippen molar-refractivity contribution in [1.82, 2.24) is 0 Å². The molecule has 6 heteroatoms. The van der Waals surface area contributed by atoms with Crippen LogP contribution in [0.1, 0.15) is 175 Å². The van der Waals surface area contributed by atoms with Crippen LogP contribution in [0.4, 0.5) is 0 Å². The van der Waals surface area contributed by atoms with Crippen LogP contribution in [0, 0.1) is 0 Å². The van der Waals surface area contributed by atoms with Gasteiger partial charge in [-0.3, -0.25) is 14.4 Å². The number of esters is 3. The molecule has 1 unspecified atom stereocenters. The number of hydrogen-bond acceptors (Lipinski definition) is 6. The van der Waals surface area contributed by atoms with E-state index >= 15 is 0 Å². The molecule has 0 amide bonds. The average molecular weight is 945 g/mol. The van der Waals surface area contributed by atoms with Gasteiger partial charge in [-0.05, 0) is 103 Å². The highest BCUT2D eigenvalue weighted by Crippen LogP contribution is 2.11. The van der Waals surface area contributed by atoms with E-state index in [4.69, 9.17) is 14.2 Å². The lowest BCUT2D eigenvalue weighted by atomic mass is 10.1. The van der Waals surface area contributed by atoms with Gasteiger partial charge in [0.15, 0.2) is 6.10 Å². The highest BCUT2D eigenvalue weighted by molar-refractivity contribution is 5.71. The third-order valence-electron chi connectivity index (χ3n) is 10.1. The highest BCUT2D eigenvalue weighted by Gasteiger charge is 2.19. The molecule has 0 aromatic carbocycles. The van der Waals surface area contributed by atoms with E-state index in [0.717, 1.165) is 109 Å². The van der Waals surface area contributed by atoms with Gasteiger partial charge in [0.05, 0.1) is 0 Å². The zero-order valence-electron chi connectivity index (χ0n) is 43.2. The summed E-state index contributed by atoms with van der Waals surface area (Å²) in [5, 5.41) is 0. The molecule has 0 aliphatic heterocycles. The first-order chi connectivity index (χ1) is 34.0. The predicted octanol–water partition coefficient (Wildman–Crippen LogP) is 17.7. The fraction of sp³-hybridized carbons (Fsp3) is 0.476. The molecule has 1 atom stereocenters. The van der Waals surface area contributed by atoms with Crippen molar-refractivity contribution in [2.24, 2.45) is 0 Å². The minimum Gasteiger partial charge on any atom is -0.462 e. The van der Waals surface area contributed by atoms with Crippen LogP contribution in [0.3, 0.4) is 0 Å². The molecular weight excluding hydrogens is 853 g/mol. The number of ether oxygens (including phenoxy) is 3. The van der Waals surface area contributed by atoms with E-state index in [1.54, 1.807) is 0 Å². The Labute approximate surface area is 421 Å². The molecule has 0 heterocycles. The van der Waals surface area contributed by atoms with Crippen molar-refractivity contribution < 1.29 is 28.6 Å². The zero-order valence-corrected chi connectivity index (χ0v) is 43.2. The summed E-state index contributed by atoms with van der Waals surface area (Å²) in [6.07, 6.45) is 83.1. The third-order valence-corrected chi connectivity index (χ3v) is 10.1. The van der Waals surface area contributed by atoms with E-state index in [1.165, 1.54) is 12.8 Å². The summed E-state index contributed by atoms with van der Waals surface area (Å²) in [6, 6.07) is 0. The average Bonchev–Trinajstić information content (AvgIpc) is 3.35. The molecule has 0 spiro atoms. The summed E-state index contributed by atoms with van der Waals surface area (Å²) in [7, 11) is 0. The fourth-order valence-electron chi connectivity index (χ4n) is 6.25. The summed E-state index contributed by atoms with van der Waals surface area (Å²) in [6.45, 7) is 6.12. The molecule has 380 valence electrons. The number of allylic oxidation sites excluding steroid dienone is 30.